The molecule has 6 heteroatoms. The number of carbonyl (C=O) groups excluding carboxylic acids is 2. The molecular weight excluding hydrogens is 248 g/mol. The number of hydrogen-bond acceptors (Lipinski definition) is 4. The van der Waals surface area contributed by atoms with Crippen LogP contribution >= 0.6 is 0 Å². The lowest BCUT2D eigenvalue weighted by Crippen LogP contribution is -2.54. The van der Waals surface area contributed by atoms with Crippen molar-refractivity contribution >= 4 is 11.8 Å². The highest BCUT2D eigenvalue weighted by Crippen LogP contribution is 2.35. The molecular formula is C13H14N2O4. The summed E-state index contributed by atoms with van der Waals surface area (Å²) in [5.41, 5.74) is 0.362. The molecule has 0 saturated heterocycles. The van der Waals surface area contributed by atoms with Crippen LogP contribution in [0.4, 0.5) is 0 Å². The van der Waals surface area contributed by atoms with E-state index >= 15 is 0 Å². The van der Waals surface area contributed by atoms with Crippen molar-refractivity contribution in [2.75, 3.05) is 13.6 Å². The average Bonchev–Trinajstić information content (AvgIpc) is 2.33. The van der Waals surface area contributed by atoms with E-state index < -0.39 is 28.7 Å². The minimum Gasteiger partial charge on any atom is -0.281 e. The maximum Gasteiger partial charge on any atom is 0.260 e. The lowest BCUT2D eigenvalue weighted by Gasteiger charge is -2.35. The van der Waals surface area contributed by atoms with Crippen LogP contribution in [0.25, 0.3) is 0 Å². The number of fused-ring (bicyclic) bond motifs is 1. The molecule has 1 atom stereocenters. The van der Waals surface area contributed by atoms with Crippen LogP contribution in [0.5, 0.6) is 0 Å². The molecule has 1 aromatic rings. The first-order chi connectivity index (χ1) is 8.77. The molecule has 0 spiro atoms. The smallest absolute Gasteiger partial charge is 0.260 e. The van der Waals surface area contributed by atoms with Gasteiger partial charge in [-0.1, -0.05) is 17.7 Å². The van der Waals surface area contributed by atoms with Crippen molar-refractivity contribution in [3.63, 3.8) is 0 Å². The number of likely N-dealkylation sites (N-methyl/N-ethyl adjacent to an activating group) is 1. The monoisotopic (exact) mass is 262 g/mol. The van der Waals surface area contributed by atoms with Crippen molar-refractivity contribution < 1.29 is 14.5 Å². The molecule has 2 amide bonds. The van der Waals surface area contributed by atoms with Gasteiger partial charge in [0.2, 0.25) is 12.5 Å². The van der Waals surface area contributed by atoms with E-state index in [1.54, 1.807) is 18.2 Å². The molecule has 100 valence electrons. The van der Waals surface area contributed by atoms with Crippen molar-refractivity contribution in [2.24, 2.45) is 0 Å². The molecule has 0 saturated carbocycles. The van der Waals surface area contributed by atoms with Gasteiger partial charge < -0.3 is 0 Å². The topological polar surface area (TPSA) is 80.5 Å². The van der Waals surface area contributed by atoms with E-state index in [4.69, 9.17) is 0 Å². The van der Waals surface area contributed by atoms with E-state index in [2.05, 4.69) is 0 Å². The maximum absolute atomic E-state index is 12.3. The summed E-state index contributed by atoms with van der Waals surface area (Å²) in [6.45, 7) is 2.80. The third kappa shape index (κ3) is 1.89. The van der Waals surface area contributed by atoms with Crippen LogP contribution in [0.1, 0.15) is 28.4 Å². The highest BCUT2D eigenvalue weighted by molar-refractivity contribution is 6.12. The molecule has 0 bridgehead atoms. The van der Waals surface area contributed by atoms with E-state index in [1.807, 2.05) is 6.92 Å². The lowest BCUT2D eigenvalue weighted by atomic mass is 9.75. The Kier molecular flexibility index (Phi) is 2.88. The predicted molar refractivity (Wildman–Crippen MR) is 67.5 cm³/mol. The number of nitro groups is 1. The zero-order valence-electron chi connectivity index (χ0n) is 11.0. The van der Waals surface area contributed by atoms with Gasteiger partial charge in [-0.3, -0.25) is 24.6 Å². The second-order valence-electron chi connectivity index (χ2n) is 5.04. The number of benzene rings is 1. The third-order valence-corrected chi connectivity index (χ3v) is 3.53. The van der Waals surface area contributed by atoms with E-state index in [-0.39, 0.29) is 0 Å². The maximum atomic E-state index is 12.3. The van der Waals surface area contributed by atoms with E-state index in [0.717, 1.165) is 10.5 Å². The van der Waals surface area contributed by atoms with Crippen LogP contribution in [-0.2, 0) is 10.2 Å². The van der Waals surface area contributed by atoms with Gasteiger partial charge >= 0.3 is 0 Å². The number of hydrogen-bond donors (Lipinski definition) is 0. The molecule has 0 fully saturated rings. The summed E-state index contributed by atoms with van der Waals surface area (Å²) in [4.78, 5) is 35.6. The number of amides is 2. The summed E-state index contributed by atoms with van der Waals surface area (Å²) in [5, 5.41) is 10.9. The molecule has 1 aliphatic rings. The van der Waals surface area contributed by atoms with Crippen LogP contribution in [0.3, 0.4) is 0 Å². The normalized spacial score (nSPS) is 22.4. The second-order valence-corrected chi connectivity index (χ2v) is 5.04. The number of rotatable bonds is 2. The Morgan fingerprint density at radius 3 is 2.58 bits per heavy atom. The summed E-state index contributed by atoms with van der Waals surface area (Å²) in [6, 6.07) is 5.06. The number of imide groups is 1. The van der Waals surface area contributed by atoms with Crippen LogP contribution < -0.4 is 0 Å². The van der Waals surface area contributed by atoms with E-state index in [1.165, 1.54) is 14.0 Å². The Morgan fingerprint density at radius 2 is 2.00 bits per heavy atom. The molecule has 0 radical (unpaired) electrons. The summed E-state index contributed by atoms with van der Waals surface area (Å²) >= 11 is 0. The quantitative estimate of drug-likeness (QED) is 0.454. The number of aryl methyl sites for hydroxylation is 1. The molecule has 1 unspecified atom stereocenters. The lowest BCUT2D eigenvalue weighted by molar-refractivity contribution is -0.487. The van der Waals surface area contributed by atoms with Gasteiger partial charge in [0, 0.05) is 17.5 Å². The van der Waals surface area contributed by atoms with Gasteiger partial charge in [-0.15, -0.1) is 0 Å². The minimum absolute atomic E-state index is 0.358. The van der Waals surface area contributed by atoms with E-state index in [9.17, 15) is 19.7 Å². The highest BCUT2D eigenvalue weighted by atomic mass is 16.6. The predicted octanol–water partition coefficient (Wildman–Crippen LogP) is 1.14. The molecule has 1 aromatic carbocycles. The Labute approximate surface area is 110 Å². The fourth-order valence-electron chi connectivity index (χ4n) is 2.47. The Bertz CT molecular complexity index is 596. The van der Waals surface area contributed by atoms with Crippen LogP contribution in [0, 0.1) is 17.0 Å². The summed E-state index contributed by atoms with van der Waals surface area (Å²) in [5.74, 6) is -0.951. The van der Waals surface area contributed by atoms with Crippen molar-refractivity contribution in [1.29, 1.82) is 0 Å². The van der Waals surface area contributed by atoms with E-state index in [0.29, 0.717) is 11.1 Å². The highest BCUT2D eigenvalue weighted by Gasteiger charge is 2.49. The first-order valence-electron chi connectivity index (χ1n) is 5.83. The van der Waals surface area contributed by atoms with Gasteiger partial charge in [0.15, 0.2) is 0 Å². The Morgan fingerprint density at radius 1 is 1.37 bits per heavy atom. The molecule has 19 heavy (non-hydrogen) atoms. The number of nitrogens with zero attached hydrogens (tertiary/aromatic N) is 2. The number of carbonyl (C=O) groups is 2. The zero-order chi connectivity index (χ0) is 14.4. The summed E-state index contributed by atoms with van der Waals surface area (Å²) in [6.07, 6.45) is 0. The Balaban J connectivity index is 2.70. The Hall–Kier alpha value is -2.24. The standard InChI is InChI=1S/C13H14N2O4/c1-8-4-5-9-10(6-8)13(2,7-15(18)19)12(17)14(3)11(9)16/h4-6H,7H2,1-3H3. The molecule has 0 aromatic heterocycles. The second kappa shape index (κ2) is 4.15. The van der Waals surface area contributed by atoms with Crippen molar-refractivity contribution in [2.45, 2.75) is 19.3 Å². The molecule has 6 nitrogen and oxygen atoms in total. The SMILES string of the molecule is Cc1ccc2c(c1)C(C)(C[N+](=O)[O-])C(=O)N(C)C2=O. The van der Waals surface area contributed by atoms with Crippen molar-refractivity contribution in [3.8, 4) is 0 Å². The molecule has 1 heterocycles. The van der Waals surface area contributed by atoms with Gasteiger partial charge in [0.1, 0.15) is 5.41 Å². The summed E-state index contributed by atoms with van der Waals surface area (Å²) < 4.78 is 0. The fourth-order valence-corrected chi connectivity index (χ4v) is 2.47. The minimum atomic E-state index is -1.30. The first kappa shape index (κ1) is 13.2. The molecule has 2 rings (SSSR count). The van der Waals surface area contributed by atoms with Gasteiger partial charge in [0.05, 0.1) is 0 Å². The molecule has 0 aliphatic carbocycles. The van der Waals surface area contributed by atoms with Crippen LogP contribution in [0.15, 0.2) is 18.2 Å². The van der Waals surface area contributed by atoms with Crippen LogP contribution in [-0.4, -0.2) is 35.2 Å². The van der Waals surface area contributed by atoms with Crippen molar-refractivity contribution in [1.82, 2.24) is 4.90 Å². The average molecular weight is 262 g/mol. The summed E-state index contributed by atoms with van der Waals surface area (Å²) in [7, 11) is 1.35. The molecule has 1 aliphatic heterocycles. The fraction of sp³-hybridized carbons (Fsp3) is 0.385. The molecule has 0 N–H and O–H groups in total. The van der Waals surface area contributed by atoms with Crippen molar-refractivity contribution in [3.05, 3.63) is 45.0 Å². The van der Waals surface area contributed by atoms with Gasteiger partial charge in [-0.2, -0.15) is 0 Å². The van der Waals surface area contributed by atoms with Gasteiger partial charge in [-0.25, -0.2) is 0 Å². The first-order valence-corrected chi connectivity index (χ1v) is 5.83. The van der Waals surface area contributed by atoms with Gasteiger partial charge in [0.25, 0.3) is 5.91 Å². The largest absolute Gasteiger partial charge is 0.281 e. The van der Waals surface area contributed by atoms with Gasteiger partial charge in [-0.05, 0) is 25.5 Å². The van der Waals surface area contributed by atoms with Crippen LogP contribution in [0.2, 0.25) is 0 Å². The zero-order valence-corrected chi connectivity index (χ0v) is 11.0. The third-order valence-electron chi connectivity index (χ3n) is 3.53.